The van der Waals surface area contributed by atoms with Crippen molar-refractivity contribution in [2.45, 2.75) is 44.1 Å². The topological polar surface area (TPSA) is 60.5 Å². The number of hydrogen-bond donors (Lipinski definition) is 1. The summed E-state index contributed by atoms with van der Waals surface area (Å²) in [4.78, 5) is 14.9. The minimum Gasteiger partial charge on any atom is -0.490 e. The van der Waals surface area contributed by atoms with Crippen LogP contribution in [0.15, 0.2) is 17.5 Å². The lowest BCUT2D eigenvalue weighted by Crippen LogP contribution is -2.24. The highest BCUT2D eigenvalue weighted by Crippen LogP contribution is 2.45. The lowest BCUT2D eigenvalue weighted by Gasteiger charge is -2.18. The Labute approximate surface area is 166 Å². The largest absolute Gasteiger partial charge is 0.490 e. The number of nitrogens with zero attached hydrogens (tertiary/aromatic N) is 1. The van der Waals surface area contributed by atoms with Crippen molar-refractivity contribution < 1.29 is 14.3 Å². The van der Waals surface area contributed by atoms with Crippen molar-refractivity contribution >= 4 is 45.6 Å². The molecule has 0 aliphatic carbocycles. The SMILES string of the molecule is CCCOc1cc(-c2csc(NC(=O)C(Cl)Cl)n2)cc2c1OC(C)(C)C2. The Hall–Kier alpha value is -1.50. The first-order valence-electron chi connectivity index (χ1n) is 8.32. The molecule has 0 spiro atoms. The molecule has 1 amide bonds. The maximum absolute atomic E-state index is 11.6. The van der Waals surface area contributed by atoms with Gasteiger partial charge in [0.2, 0.25) is 0 Å². The van der Waals surface area contributed by atoms with Gasteiger partial charge in [0.1, 0.15) is 5.60 Å². The molecule has 0 atom stereocenters. The van der Waals surface area contributed by atoms with E-state index < -0.39 is 10.7 Å². The van der Waals surface area contributed by atoms with Crippen LogP contribution in [-0.2, 0) is 11.2 Å². The lowest BCUT2D eigenvalue weighted by atomic mass is 9.99. The van der Waals surface area contributed by atoms with Crippen molar-refractivity contribution in [2.75, 3.05) is 11.9 Å². The number of hydrogen-bond acceptors (Lipinski definition) is 5. The van der Waals surface area contributed by atoms with Crippen LogP contribution >= 0.6 is 34.5 Å². The number of carbonyl (C=O) groups excluding carboxylic acids is 1. The highest BCUT2D eigenvalue weighted by molar-refractivity contribution is 7.14. The fourth-order valence-electron chi connectivity index (χ4n) is 2.77. The van der Waals surface area contributed by atoms with Gasteiger partial charge >= 0.3 is 0 Å². The van der Waals surface area contributed by atoms with Gasteiger partial charge in [0.15, 0.2) is 21.5 Å². The summed E-state index contributed by atoms with van der Waals surface area (Å²) < 4.78 is 12.0. The van der Waals surface area contributed by atoms with Gasteiger partial charge in [-0.1, -0.05) is 30.1 Å². The van der Waals surface area contributed by atoms with Crippen molar-refractivity contribution in [3.8, 4) is 22.8 Å². The minimum atomic E-state index is -1.13. The molecule has 8 heteroatoms. The van der Waals surface area contributed by atoms with Gasteiger partial charge in [0.25, 0.3) is 5.91 Å². The van der Waals surface area contributed by atoms with Crippen LogP contribution in [0.2, 0.25) is 0 Å². The number of benzene rings is 1. The molecule has 3 rings (SSSR count). The summed E-state index contributed by atoms with van der Waals surface area (Å²) in [6.07, 6.45) is 1.71. The number of aromatic nitrogens is 1. The number of ether oxygens (including phenoxy) is 2. The van der Waals surface area contributed by atoms with Crippen LogP contribution in [0, 0.1) is 0 Å². The van der Waals surface area contributed by atoms with Crippen LogP contribution in [0.3, 0.4) is 0 Å². The van der Waals surface area contributed by atoms with E-state index in [1.165, 1.54) is 11.3 Å². The maximum Gasteiger partial charge on any atom is 0.259 e. The van der Waals surface area contributed by atoms with Crippen molar-refractivity contribution in [1.82, 2.24) is 4.98 Å². The average Bonchev–Trinajstić information content (AvgIpc) is 3.14. The van der Waals surface area contributed by atoms with Crippen molar-refractivity contribution in [3.63, 3.8) is 0 Å². The molecule has 1 aromatic carbocycles. The molecule has 140 valence electrons. The molecule has 1 aromatic heterocycles. The zero-order valence-electron chi connectivity index (χ0n) is 14.8. The zero-order valence-corrected chi connectivity index (χ0v) is 17.1. The molecule has 5 nitrogen and oxygen atoms in total. The molecular formula is C18H20Cl2N2O3S. The van der Waals surface area contributed by atoms with E-state index in [1.54, 1.807) is 0 Å². The van der Waals surface area contributed by atoms with Crippen LogP contribution < -0.4 is 14.8 Å². The Morgan fingerprint density at radius 3 is 2.92 bits per heavy atom. The molecule has 2 aromatic rings. The Morgan fingerprint density at radius 1 is 1.46 bits per heavy atom. The van der Waals surface area contributed by atoms with E-state index in [4.69, 9.17) is 32.7 Å². The van der Waals surface area contributed by atoms with E-state index in [2.05, 4.69) is 37.1 Å². The number of halogens is 2. The number of amides is 1. The number of anilines is 1. The summed E-state index contributed by atoms with van der Waals surface area (Å²) in [6, 6.07) is 4.00. The van der Waals surface area contributed by atoms with Crippen LogP contribution in [0.5, 0.6) is 11.5 Å². The van der Waals surface area contributed by atoms with Gasteiger partial charge in [-0.15, -0.1) is 11.3 Å². The molecule has 1 aliphatic rings. The highest BCUT2D eigenvalue weighted by atomic mass is 35.5. The molecule has 1 N–H and O–H groups in total. The van der Waals surface area contributed by atoms with Gasteiger partial charge in [-0.05, 0) is 32.4 Å². The third-order valence-corrected chi connectivity index (χ3v) is 4.97. The summed E-state index contributed by atoms with van der Waals surface area (Å²) in [5.41, 5.74) is 2.50. The molecule has 0 saturated carbocycles. The fourth-order valence-corrected chi connectivity index (χ4v) is 3.60. The molecule has 0 saturated heterocycles. The number of rotatable bonds is 6. The first-order valence-corrected chi connectivity index (χ1v) is 10.1. The van der Waals surface area contributed by atoms with Crippen LogP contribution in [0.1, 0.15) is 32.8 Å². The van der Waals surface area contributed by atoms with Gasteiger partial charge < -0.3 is 9.47 Å². The Morgan fingerprint density at radius 2 is 2.23 bits per heavy atom. The maximum atomic E-state index is 11.6. The van der Waals surface area contributed by atoms with Crippen LogP contribution in [0.4, 0.5) is 5.13 Å². The molecule has 0 fully saturated rings. The van der Waals surface area contributed by atoms with E-state index in [-0.39, 0.29) is 5.60 Å². The fraction of sp³-hybridized carbons (Fsp3) is 0.444. The first-order chi connectivity index (χ1) is 12.3. The van der Waals surface area contributed by atoms with E-state index in [1.807, 2.05) is 11.4 Å². The summed E-state index contributed by atoms with van der Waals surface area (Å²) in [6.45, 7) is 6.79. The molecule has 0 radical (unpaired) electrons. The predicted molar refractivity (Wildman–Crippen MR) is 106 cm³/mol. The van der Waals surface area contributed by atoms with Crippen LogP contribution in [0.25, 0.3) is 11.3 Å². The van der Waals surface area contributed by atoms with Crippen molar-refractivity contribution in [1.29, 1.82) is 0 Å². The predicted octanol–water partition coefficient (Wildman–Crippen LogP) is 5.05. The highest BCUT2D eigenvalue weighted by Gasteiger charge is 2.33. The Bertz CT molecular complexity index is 821. The average molecular weight is 415 g/mol. The standard InChI is InChI=1S/C18H20Cl2N2O3S/c1-4-5-24-13-7-10(6-11-8-18(2,3)25-14(11)13)12-9-26-17(21-12)22-16(23)15(19)20/h6-7,9,15H,4-5,8H2,1-3H3,(H,21,22,23). The van der Waals surface area contributed by atoms with E-state index in [9.17, 15) is 4.79 Å². The number of fused-ring (bicyclic) bond motifs is 1. The second-order valence-electron chi connectivity index (χ2n) is 6.68. The third kappa shape index (κ3) is 4.24. The van der Waals surface area contributed by atoms with Gasteiger partial charge in [-0.3, -0.25) is 10.1 Å². The Kier molecular flexibility index (Phi) is 5.65. The molecule has 2 heterocycles. The number of carbonyl (C=O) groups is 1. The molecule has 1 aliphatic heterocycles. The first kappa shape index (κ1) is 19.3. The number of nitrogens with one attached hydrogen (secondary N) is 1. The molecule has 26 heavy (non-hydrogen) atoms. The number of thiazole rings is 1. The number of alkyl halides is 2. The lowest BCUT2D eigenvalue weighted by molar-refractivity contribution is -0.114. The van der Waals surface area contributed by atoms with Crippen LogP contribution in [-0.4, -0.2) is 27.9 Å². The van der Waals surface area contributed by atoms with Gasteiger partial charge in [-0.2, -0.15) is 0 Å². The minimum absolute atomic E-state index is 0.262. The second-order valence-corrected chi connectivity index (χ2v) is 8.63. The summed E-state index contributed by atoms with van der Waals surface area (Å²) in [5, 5.41) is 4.92. The van der Waals surface area contributed by atoms with E-state index in [0.717, 1.165) is 41.2 Å². The van der Waals surface area contributed by atoms with E-state index >= 15 is 0 Å². The van der Waals surface area contributed by atoms with Gasteiger partial charge in [0.05, 0.1) is 12.3 Å². The Balaban J connectivity index is 1.91. The zero-order chi connectivity index (χ0) is 18.9. The van der Waals surface area contributed by atoms with Gasteiger partial charge in [-0.25, -0.2) is 4.98 Å². The quantitative estimate of drug-likeness (QED) is 0.671. The molecule has 0 unspecified atom stereocenters. The van der Waals surface area contributed by atoms with E-state index in [0.29, 0.717) is 11.7 Å². The smallest absolute Gasteiger partial charge is 0.259 e. The summed E-state index contributed by atoms with van der Waals surface area (Å²) in [5.74, 6) is 1.04. The normalized spacial score (nSPS) is 14.8. The summed E-state index contributed by atoms with van der Waals surface area (Å²) >= 11 is 12.4. The monoisotopic (exact) mass is 414 g/mol. The second kappa shape index (κ2) is 7.62. The third-order valence-electron chi connectivity index (χ3n) is 3.82. The van der Waals surface area contributed by atoms with Gasteiger partial charge in [0, 0.05) is 22.9 Å². The summed E-state index contributed by atoms with van der Waals surface area (Å²) in [7, 11) is 0. The van der Waals surface area contributed by atoms with Crippen molar-refractivity contribution in [2.24, 2.45) is 0 Å². The van der Waals surface area contributed by atoms with Crippen molar-refractivity contribution in [3.05, 3.63) is 23.1 Å². The molecular weight excluding hydrogens is 395 g/mol. The molecule has 0 bridgehead atoms.